The van der Waals surface area contributed by atoms with Crippen LogP contribution < -0.4 is 4.74 Å². The zero-order valence-corrected chi connectivity index (χ0v) is 15.5. The summed E-state index contributed by atoms with van der Waals surface area (Å²) in [5, 5.41) is 0. The summed E-state index contributed by atoms with van der Waals surface area (Å²) in [5.41, 5.74) is 2.54. The molecule has 0 aliphatic carbocycles. The Labute approximate surface area is 152 Å². The minimum atomic E-state index is 0.593. The highest BCUT2D eigenvalue weighted by atomic mass is 79.9. The van der Waals surface area contributed by atoms with E-state index in [1.807, 2.05) is 12.1 Å². The largest absolute Gasteiger partial charge is 0.489 e. The molecule has 128 valence electrons. The van der Waals surface area contributed by atoms with Gasteiger partial charge in [0.2, 0.25) is 0 Å². The zero-order valence-electron chi connectivity index (χ0n) is 13.9. The third-order valence-electron chi connectivity index (χ3n) is 4.26. The van der Waals surface area contributed by atoms with E-state index in [0.29, 0.717) is 6.61 Å². The van der Waals surface area contributed by atoms with Crippen LogP contribution in [0.3, 0.4) is 0 Å². The van der Waals surface area contributed by atoms with Gasteiger partial charge in [0, 0.05) is 17.6 Å². The molecule has 0 aromatic heterocycles. The Bertz CT molecular complexity index is 624. The average Bonchev–Trinajstić information content (AvgIpc) is 2.62. The van der Waals surface area contributed by atoms with Crippen LogP contribution in [0.5, 0.6) is 5.75 Å². The molecule has 24 heavy (non-hydrogen) atoms. The Morgan fingerprint density at radius 2 is 1.79 bits per heavy atom. The van der Waals surface area contributed by atoms with Crippen molar-refractivity contribution in [2.45, 2.75) is 19.4 Å². The summed E-state index contributed by atoms with van der Waals surface area (Å²) in [6.45, 7) is 5.65. The fourth-order valence-electron chi connectivity index (χ4n) is 2.88. The minimum Gasteiger partial charge on any atom is -0.489 e. The smallest absolute Gasteiger partial charge is 0.119 e. The Kier molecular flexibility index (Phi) is 6.70. The van der Waals surface area contributed by atoms with E-state index in [9.17, 15) is 0 Å². The number of hydrogen-bond donors (Lipinski definition) is 0. The van der Waals surface area contributed by atoms with E-state index in [1.165, 1.54) is 17.5 Å². The number of hydrogen-bond acceptors (Lipinski definition) is 3. The van der Waals surface area contributed by atoms with Gasteiger partial charge in [-0.25, -0.2) is 0 Å². The fraction of sp³-hybridized carbons (Fsp3) is 0.400. The topological polar surface area (TPSA) is 21.7 Å². The van der Waals surface area contributed by atoms with Crippen molar-refractivity contribution in [1.29, 1.82) is 0 Å². The first kappa shape index (κ1) is 17.5. The van der Waals surface area contributed by atoms with Gasteiger partial charge >= 0.3 is 0 Å². The lowest BCUT2D eigenvalue weighted by Gasteiger charge is -2.26. The predicted octanol–water partition coefficient (Wildman–Crippen LogP) is 4.29. The molecule has 0 unspecified atom stereocenters. The van der Waals surface area contributed by atoms with E-state index in [1.54, 1.807) is 0 Å². The highest BCUT2D eigenvalue weighted by molar-refractivity contribution is 9.10. The lowest BCUT2D eigenvalue weighted by Crippen LogP contribution is -2.36. The van der Waals surface area contributed by atoms with Crippen molar-refractivity contribution >= 4 is 15.9 Å². The number of nitrogens with zero attached hydrogens (tertiary/aromatic N) is 1. The number of aryl methyl sites for hydroxylation is 1. The van der Waals surface area contributed by atoms with Crippen molar-refractivity contribution < 1.29 is 9.47 Å². The Morgan fingerprint density at radius 1 is 1.00 bits per heavy atom. The molecular formula is C20H24BrNO2. The Hall–Kier alpha value is -1.36. The summed E-state index contributed by atoms with van der Waals surface area (Å²) in [7, 11) is 0. The van der Waals surface area contributed by atoms with Crippen LogP contribution in [-0.2, 0) is 17.8 Å². The number of benzene rings is 2. The second-order valence-electron chi connectivity index (χ2n) is 6.12. The lowest BCUT2D eigenvalue weighted by atomic mass is 10.1. The van der Waals surface area contributed by atoms with Gasteiger partial charge in [-0.2, -0.15) is 0 Å². The van der Waals surface area contributed by atoms with Crippen molar-refractivity contribution in [3.63, 3.8) is 0 Å². The minimum absolute atomic E-state index is 0.593. The van der Waals surface area contributed by atoms with E-state index in [0.717, 1.165) is 49.5 Å². The summed E-state index contributed by atoms with van der Waals surface area (Å²) in [6.07, 6.45) is 2.31. The van der Waals surface area contributed by atoms with Gasteiger partial charge in [-0.1, -0.05) is 40.2 Å². The van der Waals surface area contributed by atoms with Crippen molar-refractivity contribution in [1.82, 2.24) is 4.90 Å². The molecule has 1 heterocycles. The Morgan fingerprint density at radius 3 is 2.54 bits per heavy atom. The first-order valence-electron chi connectivity index (χ1n) is 8.56. The molecule has 2 aromatic carbocycles. The molecular weight excluding hydrogens is 366 g/mol. The molecule has 3 nitrogen and oxygen atoms in total. The molecule has 0 radical (unpaired) electrons. The van der Waals surface area contributed by atoms with Gasteiger partial charge in [-0.15, -0.1) is 0 Å². The van der Waals surface area contributed by atoms with Crippen LogP contribution in [-0.4, -0.2) is 37.7 Å². The standard InChI is InChI=1S/C20H24BrNO2/c21-19-5-1-3-18(15-19)16-24-20-8-6-17(7-9-20)4-2-10-22-11-13-23-14-12-22/h1,3,5-9,15H,2,4,10-14,16H2. The molecule has 3 rings (SSSR count). The fourth-order valence-corrected chi connectivity index (χ4v) is 3.32. The van der Waals surface area contributed by atoms with Gasteiger partial charge in [0.25, 0.3) is 0 Å². The number of ether oxygens (including phenoxy) is 2. The van der Waals surface area contributed by atoms with E-state index in [2.05, 4.69) is 57.2 Å². The van der Waals surface area contributed by atoms with Gasteiger partial charge in [-0.05, 0) is 54.8 Å². The van der Waals surface area contributed by atoms with Crippen molar-refractivity contribution in [3.05, 3.63) is 64.1 Å². The quantitative estimate of drug-likeness (QED) is 0.704. The van der Waals surface area contributed by atoms with Crippen LogP contribution in [0, 0.1) is 0 Å². The summed E-state index contributed by atoms with van der Waals surface area (Å²) >= 11 is 3.48. The summed E-state index contributed by atoms with van der Waals surface area (Å²) in [4.78, 5) is 2.49. The van der Waals surface area contributed by atoms with Crippen LogP contribution >= 0.6 is 15.9 Å². The van der Waals surface area contributed by atoms with Crippen LogP contribution in [0.2, 0.25) is 0 Å². The number of morpholine rings is 1. The molecule has 0 bridgehead atoms. The molecule has 1 aliphatic rings. The first-order chi connectivity index (χ1) is 11.8. The van der Waals surface area contributed by atoms with Crippen molar-refractivity contribution in [2.75, 3.05) is 32.8 Å². The SMILES string of the molecule is Brc1cccc(COc2ccc(CCCN3CCOCC3)cc2)c1. The van der Waals surface area contributed by atoms with E-state index in [-0.39, 0.29) is 0 Å². The predicted molar refractivity (Wildman–Crippen MR) is 100 cm³/mol. The summed E-state index contributed by atoms with van der Waals surface area (Å²) in [5.74, 6) is 0.923. The molecule has 0 atom stereocenters. The highest BCUT2D eigenvalue weighted by Gasteiger charge is 2.09. The van der Waals surface area contributed by atoms with Gasteiger partial charge in [0.1, 0.15) is 12.4 Å². The lowest BCUT2D eigenvalue weighted by molar-refractivity contribution is 0.0374. The summed E-state index contributed by atoms with van der Waals surface area (Å²) in [6, 6.07) is 16.7. The molecule has 4 heteroatoms. The van der Waals surface area contributed by atoms with Gasteiger partial charge < -0.3 is 9.47 Å². The molecule has 0 N–H and O–H groups in total. The Balaban J connectivity index is 1.41. The van der Waals surface area contributed by atoms with Crippen molar-refractivity contribution in [3.8, 4) is 5.75 Å². The van der Waals surface area contributed by atoms with E-state index >= 15 is 0 Å². The third kappa shape index (κ3) is 5.62. The number of rotatable bonds is 7. The molecule has 0 saturated carbocycles. The highest BCUT2D eigenvalue weighted by Crippen LogP contribution is 2.17. The van der Waals surface area contributed by atoms with Crippen LogP contribution in [0.15, 0.2) is 53.0 Å². The van der Waals surface area contributed by atoms with Crippen LogP contribution in [0.25, 0.3) is 0 Å². The third-order valence-corrected chi connectivity index (χ3v) is 4.75. The maximum Gasteiger partial charge on any atom is 0.119 e. The monoisotopic (exact) mass is 389 g/mol. The van der Waals surface area contributed by atoms with Crippen LogP contribution in [0.4, 0.5) is 0 Å². The maximum atomic E-state index is 5.86. The second-order valence-corrected chi connectivity index (χ2v) is 7.04. The molecule has 1 fully saturated rings. The first-order valence-corrected chi connectivity index (χ1v) is 9.35. The van der Waals surface area contributed by atoms with Crippen molar-refractivity contribution in [2.24, 2.45) is 0 Å². The molecule has 0 spiro atoms. The molecule has 1 aliphatic heterocycles. The summed E-state index contributed by atoms with van der Waals surface area (Å²) < 4.78 is 12.3. The van der Waals surface area contributed by atoms with Gasteiger partial charge in [0.05, 0.1) is 13.2 Å². The maximum absolute atomic E-state index is 5.86. The average molecular weight is 390 g/mol. The molecule has 1 saturated heterocycles. The van der Waals surface area contributed by atoms with E-state index < -0.39 is 0 Å². The number of halogens is 1. The van der Waals surface area contributed by atoms with Gasteiger partial charge in [0.15, 0.2) is 0 Å². The molecule has 0 amide bonds. The second kappa shape index (κ2) is 9.21. The van der Waals surface area contributed by atoms with Gasteiger partial charge in [-0.3, -0.25) is 4.90 Å². The zero-order chi connectivity index (χ0) is 16.6. The normalized spacial score (nSPS) is 15.4. The van der Waals surface area contributed by atoms with E-state index in [4.69, 9.17) is 9.47 Å². The molecule has 2 aromatic rings. The van der Waals surface area contributed by atoms with Crippen LogP contribution in [0.1, 0.15) is 17.5 Å².